The van der Waals surface area contributed by atoms with Gasteiger partial charge in [0.1, 0.15) is 0 Å². The van der Waals surface area contributed by atoms with Crippen LogP contribution in [0.5, 0.6) is 0 Å². The maximum absolute atomic E-state index is 12.3. The maximum atomic E-state index is 12.3. The molecule has 1 N–H and O–H groups in total. The summed E-state index contributed by atoms with van der Waals surface area (Å²) in [4.78, 5) is 8.11. The molecule has 1 aromatic heterocycles. The summed E-state index contributed by atoms with van der Waals surface area (Å²) in [6.45, 7) is 3.25. The molecule has 0 aliphatic rings. The van der Waals surface area contributed by atoms with Crippen molar-refractivity contribution in [3.8, 4) is 0 Å². The minimum atomic E-state index is -3.42. The van der Waals surface area contributed by atoms with Gasteiger partial charge in [-0.3, -0.25) is 0 Å². The summed E-state index contributed by atoms with van der Waals surface area (Å²) in [5.74, 6) is 0.177. The first-order valence-corrected chi connectivity index (χ1v) is 8.40. The van der Waals surface area contributed by atoms with Crippen molar-refractivity contribution in [3.63, 3.8) is 0 Å². The van der Waals surface area contributed by atoms with E-state index < -0.39 is 15.1 Å². The van der Waals surface area contributed by atoms with Gasteiger partial charge in [-0.1, -0.05) is 35.3 Å². The molecule has 8 heteroatoms. The van der Waals surface area contributed by atoms with Crippen molar-refractivity contribution < 1.29 is 8.42 Å². The minimum absolute atomic E-state index is 0.0957. The number of rotatable bonds is 4. The number of aromatic nitrogens is 2. The van der Waals surface area contributed by atoms with Crippen LogP contribution in [0, 0.1) is 0 Å². The molecule has 0 amide bonds. The number of nitrogens with one attached hydrogen (secondary N) is 1. The molecule has 0 aliphatic heterocycles. The zero-order valence-electron chi connectivity index (χ0n) is 11.3. The molecule has 0 bridgehead atoms. The molecule has 5 nitrogen and oxygen atoms in total. The third kappa shape index (κ3) is 3.45. The lowest BCUT2D eigenvalue weighted by atomic mass is 10.3. The van der Waals surface area contributed by atoms with Crippen LogP contribution in [0.4, 0.5) is 11.6 Å². The normalized spacial score (nSPS) is 11.7. The van der Waals surface area contributed by atoms with Crippen LogP contribution in [0.1, 0.15) is 13.8 Å². The summed E-state index contributed by atoms with van der Waals surface area (Å²) in [6, 6.07) is 6.56. The second-order valence-corrected chi connectivity index (χ2v) is 7.79. The summed E-state index contributed by atoms with van der Waals surface area (Å²) in [5.41, 5.74) is 0.393. The molecule has 1 aromatic carbocycles. The predicted molar refractivity (Wildman–Crippen MR) is 84.1 cm³/mol. The molecule has 0 unspecified atom stereocenters. The third-order valence-corrected chi connectivity index (χ3v) is 5.63. The third-order valence-electron chi connectivity index (χ3n) is 2.76. The summed E-state index contributed by atoms with van der Waals surface area (Å²) in [6.07, 6.45) is 1.35. The molecule has 0 spiro atoms. The van der Waals surface area contributed by atoms with Crippen LogP contribution in [-0.2, 0) is 9.84 Å². The van der Waals surface area contributed by atoms with E-state index in [2.05, 4.69) is 15.3 Å². The number of sulfone groups is 1. The van der Waals surface area contributed by atoms with Crippen molar-refractivity contribution in [2.24, 2.45) is 0 Å². The van der Waals surface area contributed by atoms with E-state index in [-0.39, 0.29) is 21.0 Å². The predicted octanol–water partition coefficient (Wildman–Crippen LogP) is 3.71. The second-order valence-electron chi connectivity index (χ2n) is 4.55. The van der Waals surface area contributed by atoms with Crippen LogP contribution >= 0.6 is 23.2 Å². The molecule has 1 heterocycles. The van der Waals surface area contributed by atoms with Gasteiger partial charge in [-0.05, 0) is 26.0 Å². The van der Waals surface area contributed by atoms with E-state index in [1.165, 1.54) is 12.3 Å². The highest BCUT2D eigenvalue weighted by atomic mass is 35.5. The second kappa shape index (κ2) is 6.17. The zero-order chi connectivity index (χ0) is 15.6. The van der Waals surface area contributed by atoms with Gasteiger partial charge < -0.3 is 5.32 Å². The van der Waals surface area contributed by atoms with E-state index >= 15 is 0 Å². The van der Waals surface area contributed by atoms with E-state index in [0.717, 1.165) is 0 Å². The molecule has 112 valence electrons. The number of anilines is 2. The largest absolute Gasteiger partial charge is 0.323 e. The van der Waals surface area contributed by atoms with Gasteiger partial charge >= 0.3 is 0 Å². The highest BCUT2D eigenvalue weighted by Crippen LogP contribution is 2.27. The Balaban J connectivity index is 2.44. The van der Waals surface area contributed by atoms with Gasteiger partial charge in [0.2, 0.25) is 5.95 Å². The fraction of sp³-hybridized carbons (Fsp3) is 0.231. The Morgan fingerprint density at radius 2 is 1.86 bits per heavy atom. The Hall–Kier alpha value is -1.37. The summed E-state index contributed by atoms with van der Waals surface area (Å²) in [5, 5.41) is 2.65. The van der Waals surface area contributed by atoms with Gasteiger partial charge in [-0.25, -0.2) is 13.4 Å². The lowest BCUT2D eigenvalue weighted by Gasteiger charge is -2.13. The Kier molecular flexibility index (Phi) is 4.70. The van der Waals surface area contributed by atoms with Crippen LogP contribution in [-0.4, -0.2) is 23.6 Å². The Morgan fingerprint density at radius 3 is 2.48 bits per heavy atom. The number of para-hydroxylation sites is 1. The molecular weight excluding hydrogens is 333 g/mol. The number of hydrogen-bond donors (Lipinski definition) is 1. The highest BCUT2D eigenvalue weighted by molar-refractivity contribution is 7.92. The van der Waals surface area contributed by atoms with Crippen molar-refractivity contribution in [3.05, 3.63) is 40.6 Å². The van der Waals surface area contributed by atoms with Gasteiger partial charge in [0.25, 0.3) is 0 Å². The first kappa shape index (κ1) is 16.0. The summed E-state index contributed by atoms with van der Waals surface area (Å²) < 4.78 is 24.7. The van der Waals surface area contributed by atoms with Crippen molar-refractivity contribution >= 4 is 44.7 Å². The summed E-state index contributed by atoms with van der Waals surface area (Å²) >= 11 is 11.6. The maximum Gasteiger partial charge on any atom is 0.228 e. The zero-order valence-corrected chi connectivity index (χ0v) is 13.7. The fourth-order valence-electron chi connectivity index (χ4n) is 1.60. The number of benzene rings is 1. The smallest absolute Gasteiger partial charge is 0.228 e. The molecule has 0 saturated carbocycles. The van der Waals surface area contributed by atoms with Crippen molar-refractivity contribution in [1.29, 1.82) is 0 Å². The first-order chi connectivity index (χ1) is 9.82. The number of hydrogen-bond acceptors (Lipinski definition) is 5. The molecule has 0 saturated heterocycles. The molecule has 2 aromatic rings. The number of halogens is 2. The van der Waals surface area contributed by atoms with Gasteiger partial charge in [0.05, 0.1) is 27.1 Å². The van der Waals surface area contributed by atoms with Gasteiger partial charge in [-0.15, -0.1) is 0 Å². The lowest BCUT2D eigenvalue weighted by Crippen LogP contribution is -2.15. The van der Waals surface area contributed by atoms with Gasteiger partial charge in [0.15, 0.2) is 15.0 Å². The van der Waals surface area contributed by atoms with E-state index in [4.69, 9.17) is 23.2 Å². The van der Waals surface area contributed by atoms with Crippen LogP contribution in [0.15, 0.2) is 35.4 Å². The van der Waals surface area contributed by atoms with Crippen molar-refractivity contribution in [1.82, 2.24) is 9.97 Å². The van der Waals surface area contributed by atoms with Crippen LogP contribution in [0.2, 0.25) is 10.2 Å². The topological polar surface area (TPSA) is 72.0 Å². The average molecular weight is 346 g/mol. The van der Waals surface area contributed by atoms with E-state index in [9.17, 15) is 8.42 Å². The Labute approximate surface area is 133 Å². The van der Waals surface area contributed by atoms with Gasteiger partial charge in [0, 0.05) is 0 Å². The summed E-state index contributed by atoms with van der Waals surface area (Å²) in [7, 11) is -3.42. The van der Waals surface area contributed by atoms with E-state index in [0.29, 0.717) is 5.69 Å². The quantitative estimate of drug-likeness (QED) is 0.855. The molecule has 0 radical (unpaired) electrons. The Bertz CT molecular complexity index is 764. The lowest BCUT2D eigenvalue weighted by molar-refractivity contribution is 0.588. The first-order valence-electron chi connectivity index (χ1n) is 6.10. The SMILES string of the molecule is CC(C)S(=O)(=O)c1ccccc1Nc1ncc(Cl)c(Cl)n1. The molecule has 0 aliphatic carbocycles. The Morgan fingerprint density at radius 1 is 1.19 bits per heavy atom. The van der Waals surface area contributed by atoms with Crippen LogP contribution in [0.25, 0.3) is 0 Å². The molecule has 0 atom stereocenters. The average Bonchev–Trinajstić information content (AvgIpc) is 2.43. The number of nitrogens with zero attached hydrogens (tertiary/aromatic N) is 2. The molecule has 0 fully saturated rings. The van der Waals surface area contributed by atoms with Gasteiger partial charge in [-0.2, -0.15) is 4.98 Å². The fourth-order valence-corrected chi connectivity index (χ4v) is 3.02. The standard InChI is InChI=1S/C13H13Cl2N3O2S/c1-8(2)21(19,20)11-6-4-3-5-10(11)17-13-16-7-9(14)12(15)18-13/h3-8H,1-2H3,(H,16,17,18). The van der Waals surface area contributed by atoms with E-state index in [1.54, 1.807) is 32.0 Å². The van der Waals surface area contributed by atoms with E-state index in [1.807, 2.05) is 0 Å². The monoisotopic (exact) mass is 345 g/mol. The molecule has 21 heavy (non-hydrogen) atoms. The molecule has 2 rings (SSSR count). The molecular formula is C13H13Cl2N3O2S. The van der Waals surface area contributed by atoms with Crippen LogP contribution in [0.3, 0.4) is 0 Å². The van der Waals surface area contributed by atoms with Crippen molar-refractivity contribution in [2.45, 2.75) is 24.0 Å². The minimum Gasteiger partial charge on any atom is -0.323 e. The van der Waals surface area contributed by atoms with Crippen LogP contribution < -0.4 is 5.32 Å². The van der Waals surface area contributed by atoms with Crippen molar-refractivity contribution in [2.75, 3.05) is 5.32 Å². The highest BCUT2D eigenvalue weighted by Gasteiger charge is 2.22.